The molecule has 1 aliphatic rings. The molecule has 9 nitrogen and oxygen atoms in total. The molecule has 3 aromatic rings. The third kappa shape index (κ3) is 3.76. The lowest BCUT2D eigenvalue weighted by atomic mass is 9.94. The number of imidazole rings is 1. The molecule has 0 aromatic carbocycles. The quantitative estimate of drug-likeness (QED) is 0.525. The van der Waals surface area contributed by atoms with E-state index in [2.05, 4.69) is 35.1 Å². The minimum atomic E-state index is -0.448. The first kappa shape index (κ1) is 18.6. The maximum atomic E-state index is 9.67. The number of piperidine rings is 1. The van der Waals surface area contributed by atoms with Gasteiger partial charge in [-0.2, -0.15) is 4.98 Å². The summed E-state index contributed by atoms with van der Waals surface area (Å²) in [4.78, 5) is 23.2. The topological polar surface area (TPSA) is 123 Å². The number of pyridine rings is 1. The van der Waals surface area contributed by atoms with Crippen LogP contribution in [0.2, 0.25) is 0 Å². The average molecular weight is 383 g/mol. The highest BCUT2D eigenvalue weighted by Crippen LogP contribution is 2.24. The standard InChI is InChI=1S/C19H25N7O2/c1-19(2,11-27)17-22-13-9-16(21-10-14(13)23-17)24-15-3-6-20-18(25-15)26-7-4-12(28)5-8-26/h3,6,9-10,12,27-28H,4-5,7-8,11H2,1-2H3,(H,22,23)(H,20,21,24,25). The van der Waals surface area contributed by atoms with Gasteiger partial charge in [-0.3, -0.25) is 0 Å². The smallest absolute Gasteiger partial charge is 0.227 e. The van der Waals surface area contributed by atoms with E-state index in [-0.39, 0.29) is 12.7 Å². The Labute approximate surface area is 162 Å². The molecule has 4 rings (SSSR count). The van der Waals surface area contributed by atoms with Crippen LogP contribution in [0.4, 0.5) is 17.6 Å². The summed E-state index contributed by atoms with van der Waals surface area (Å²) in [5.74, 6) is 2.66. The van der Waals surface area contributed by atoms with Gasteiger partial charge in [0.2, 0.25) is 5.95 Å². The second-order valence-corrected chi connectivity index (χ2v) is 7.80. The van der Waals surface area contributed by atoms with E-state index in [1.165, 1.54) is 0 Å². The normalized spacial score (nSPS) is 15.9. The third-order valence-electron chi connectivity index (χ3n) is 5.05. The van der Waals surface area contributed by atoms with Crippen molar-refractivity contribution < 1.29 is 10.2 Å². The Morgan fingerprint density at radius 1 is 1.21 bits per heavy atom. The van der Waals surface area contributed by atoms with Crippen molar-refractivity contribution in [2.24, 2.45) is 0 Å². The molecule has 0 saturated carbocycles. The molecule has 1 saturated heterocycles. The van der Waals surface area contributed by atoms with Crippen molar-refractivity contribution in [2.75, 3.05) is 29.9 Å². The van der Waals surface area contributed by atoms with E-state index in [0.717, 1.165) is 42.8 Å². The summed E-state index contributed by atoms with van der Waals surface area (Å²) in [7, 11) is 0. The van der Waals surface area contributed by atoms with Crippen molar-refractivity contribution >= 4 is 28.6 Å². The van der Waals surface area contributed by atoms with E-state index in [1.807, 2.05) is 19.9 Å². The Morgan fingerprint density at radius 2 is 2.00 bits per heavy atom. The third-order valence-corrected chi connectivity index (χ3v) is 5.05. The van der Waals surface area contributed by atoms with Crippen LogP contribution in [0.25, 0.3) is 11.0 Å². The maximum Gasteiger partial charge on any atom is 0.227 e. The Bertz CT molecular complexity index is 964. The van der Waals surface area contributed by atoms with Gasteiger partial charge in [0.15, 0.2) is 0 Å². The molecule has 9 heteroatoms. The van der Waals surface area contributed by atoms with Crippen LogP contribution >= 0.6 is 0 Å². The number of aromatic amines is 1. The fourth-order valence-corrected chi connectivity index (χ4v) is 3.14. The number of rotatable bonds is 5. The summed E-state index contributed by atoms with van der Waals surface area (Å²) >= 11 is 0. The molecule has 3 aromatic heterocycles. The summed E-state index contributed by atoms with van der Waals surface area (Å²) in [6, 6.07) is 3.67. The summed E-state index contributed by atoms with van der Waals surface area (Å²) in [6.45, 7) is 5.35. The maximum absolute atomic E-state index is 9.67. The Balaban J connectivity index is 1.54. The molecule has 0 spiro atoms. The van der Waals surface area contributed by atoms with Crippen molar-refractivity contribution in [3.8, 4) is 0 Å². The predicted molar refractivity (Wildman–Crippen MR) is 107 cm³/mol. The number of hydrogen-bond donors (Lipinski definition) is 4. The minimum Gasteiger partial charge on any atom is -0.395 e. The van der Waals surface area contributed by atoms with E-state index in [0.29, 0.717) is 17.6 Å². The molecule has 0 amide bonds. The first-order chi connectivity index (χ1) is 13.4. The van der Waals surface area contributed by atoms with Gasteiger partial charge in [-0.05, 0) is 18.9 Å². The Hall–Kier alpha value is -2.78. The highest BCUT2D eigenvalue weighted by molar-refractivity contribution is 5.78. The minimum absolute atomic E-state index is 0.00258. The zero-order valence-electron chi connectivity index (χ0n) is 16.1. The number of fused-ring (bicyclic) bond motifs is 1. The summed E-state index contributed by atoms with van der Waals surface area (Å²) in [6.07, 6.45) is 4.63. The predicted octanol–water partition coefficient (Wildman–Crippen LogP) is 1.72. The number of nitrogens with one attached hydrogen (secondary N) is 2. The number of H-pyrrole nitrogens is 1. The van der Waals surface area contributed by atoms with Gasteiger partial charge in [0.05, 0.1) is 24.4 Å². The van der Waals surface area contributed by atoms with Gasteiger partial charge >= 0.3 is 0 Å². The lowest BCUT2D eigenvalue weighted by Gasteiger charge is -2.29. The SMILES string of the molecule is CC(C)(CO)c1nc2cnc(Nc3ccnc(N4CCC(O)CC4)n3)cc2[nH]1. The molecule has 0 aliphatic carbocycles. The van der Waals surface area contributed by atoms with E-state index in [1.54, 1.807) is 18.5 Å². The van der Waals surface area contributed by atoms with Crippen LogP contribution in [-0.4, -0.2) is 60.9 Å². The molecule has 148 valence electrons. The highest BCUT2D eigenvalue weighted by Gasteiger charge is 2.24. The lowest BCUT2D eigenvalue weighted by Crippen LogP contribution is -2.36. The second kappa shape index (κ2) is 7.33. The number of hydrogen-bond acceptors (Lipinski definition) is 8. The van der Waals surface area contributed by atoms with Crippen LogP contribution < -0.4 is 10.2 Å². The van der Waals surface area contributed by atoms with E-state index in [9.17, 15) is 10.2 Å². The molecule has 0 atom stereocenters. The Kier molecular flexibility index (Phi) is 4.86. The van der Waals surface area contributed by atoms with Crippen molar-refractivity contribution in [1.29, 1.82) is 0 Å². The molecule has 0 unspecified atom stereocenters. The lowest BCUT2D eigenvalue weighted by molar-refractivity contribution is 0.145. The number of anilines is 3. The molecule has 1 fully saturated rings. The summed E-state index contributed by atoms with van der Waals surface area (Å²) in [5, 5.41) is 22.4. The molecule has 0 radical (unpaired) electrons. The number of aliphatic hydroxyl groups is 2. The van der Waals surface area contributed by atoms with Gasteiger partial charge in [0.1, 0.15) is 23.0 Å². The van der Waals surface area contributed by atoms with E-state index < -0.39 is 5.41 Å². The Morgan fingerprint density at radius 3 is 2.75 bits per heavy atom. The van der Waals surface area contributed by atoms with Crippen molar-refractivity contribution in [1.82, 2.24) is 24.9 Å². The van der Waals surface area contributed by atoms with E-state index >= 15 is 0 Å². The van der Waals surface area contributed by atoms with Crippen LogP contribution in [0.1, 0.15) is 32.5 Å². The zero-order valence-corrected chi connectivity index (χ0v) is 16.1. The van der Waals surface area contributed by atoms with Crippen LogP contribution in [0, 0.1) is 0 Å². The van der Waals surface area contributed by atoms with Crippen molar-refractivity contribution in [3.05, 3.63) is 30.4 Å². The number of aromatic nitrogens is 5. The molecule has 1 aliphatic heterocycles. The zero-order chi connectivity index (χ0) is 19.7. The largest absolute Gasteiger partial charge is 0.395 e. The average Bonchev–Trinajstić information content (AvgIpc) is 3.13. The molecule has 0 bridgehead atoms. The van der Waals surface area contributed by atoms with Crippen LogP contribution in [-0.2, 0) is 5.41 Å². The summed E-state index contributed by atoms with van der Waals surface area (Å²) < 4.78 is 0. The summed E-state index contributed by atoms with van der Waals surface area (Å²) in [5.41, 5.74) is 1.14. The molecular formula is C19H25N7O2. The van der Waals surface area contributed by atoms with Gasteiger partial charge in [-0.1, -0.05) is 13.8 Å². The molecule has 4 heterocycles. The second-order valence-electron chi connectivity index (χ2n) is 7.80. The molecule has 28 heavy (non-hydrogen) atoms. The van der Waals surface area contributed by atoms with Crippen molar-refractivity contribution in [3.63, 3.8) is 0 Å². The van der Waals surface area contributed by atoms with Gasteiger partial charge in [0.25, 0.3) is 0 Å². The fourth-order valence-electron chi connectivity index (χ4n) is 3.14. The van der Waals surface area contributed by atoms with Gasteiger partial charge in [0, 0.05) is 30.8 Å². The van der Waals surface area contributed by atoms with Gasteiger partial charge in [-0.25, -0.2) is 15.0 Å². The fraction of sp³-hybridized carbons (Fsp3) is 0.474. The van der Waals surface area contributed by atoms with Crippen LogP contribution in [0.3, 0.4) is 0 Å². The first-order valence-corrected chi connectivity index (χ1v) is 9.45. The highest BCUT2D eigenvalue weighted by atomic mass is 16.3. The number of nitrogens with zero attached hydrogens (tertiary/aromatic N) is 5. The van der Waals surface area contributed by atoms with Crippen molar-refractivity contribution in [2.45, 2.75) is 38.2 Å². The van der Waals surface area contributed by atoms with Gasteiger partial charge in [-0.15, -0.1) is 0 Å². The molecular weight excluding hydrogens is 358 g/mol. The van der Waals surface area contributed by atoms with Gasteiger partial charge < -0.3 is 25.4 Å². The van der Waals surface area contributed by atoms with Crippen LogP contribution in [0.5, 0.6) is 0 Å². The first-order valence-electron chi connectivity index (χ1n) is 9.45. The van der Waals surface area contributed by atoms with E-state index in [4.69, 9.17) is 0 Å². The monoisotopic (exact) mass is 383 g/mol. The van der Waals surface area contributed by atoms with Crippen LogP contribution in [0.15, 0.2) is 24.5 Å². The number of aliphatic hydroxyl groups excluding tert-OH is 2. The molecule has 4 N–H and O–H groups in total.